The average molecular weight is 316 g/mol. The van der Waals surface area contributed by atoms with Crippen LogP contribution in [0.25, 0.3) is 0 Å². The highest BCUT2D eigenvalue weighted by Crippen LogP contribution is 2.15. The fourth-order valence-corrected chi connectivity index (χ4v) is 1.68. The molecule has 4 amide bonds. The minimum atomic E-state index is -0.514. The highest BCUT2D eigenvalue weighted by atomic mass is 16.2. The summed E-state index contributed by atoms with van der Waals surface area (Å²) in [5, 5.41) is 10.7. The second-order valence-electron chi connectivity index (χ2n) is 4.75. The number of rotatable bonds is 4. The molecule has 1 aliphatic rings. The van der Waals surface area contributed by atoms with Crippen LogP contribution in [0.4, 0.5) is 4.79 Å². The van der Waals surface area contributed by atoms with E-state index >= 15 is 0 Å². The van der Waals surface area contributed by atoms with Gasteiger partial charge in [-0.3, -0.25) is 14.9 Å². The average Bonchev–Trinajstić information content (AvgIpc) is 3.38. The van der Waals surface area contributed by atoms with E-state index in [0.717, 1.165) is 19.5 Å². The van der Waals surface area contributed by atoms with Crippen LogP contribution in [0.1, 0.15) is 24.2 Å². The molecular weight excluding hydrogens is 296 g/mol. The van der Waals surface area contributed by atoms with E-state index in [1.54, 1.807) is 35.2 Å². The summed E-state index contributed by atoms with van der Waals surface area (Å²) >= 11 is 0. The van der Waals surface area contributed by atoms with Gasteiger partial charge in [0.1, 0.15) is 6.04 Å². The van der Waals surface area contributed by atoms with Crippen LogP contribution >= 0.6 is 0 Å². The summed E-state index contributed by atoms with van der Waals surface area (Å²) in [5.41, 5.74) is 0.422. The van der Waals surface area contributed by atoms with Gasteiger partial charge >= 0.3 is 6.03 Å². The molecule has 0 saturated carbocycles. The zero-order valence-electron chi connectivity index (χ0n) is 13.2. The van der Waals surface area contributed by atoms with E-state index in [1.807, 2.05) is 19.9 Å². The van der Waals surface area contributed by atoms with Crippen LogP contribution < -0.4 is 5.32 Å². The van der Waals surface area contributed by atoms with Crippen molar-refractivity contribution in [3.63, 3.8) is 0 Å². The molecule has 23 heavy (non-hydrogen) atoms. The Kier molecular flexibility index (Phi) is 7.27. The van der Waals surface area contributed by atoms with Crippen molar-refractivity contribution in [2.24, 2.45) is 0 Å². The molecule has 1 saturated heterocycles. The number of hydrogen-bond donors (Lipinski definition) is 1. The fraction of sp³-hybridized carbons (Fsp3) is 0.375. The Bertz CT molecular complexity index is 579. The van der Waals surface area contributed by atoms with Gasteiger partial charge in [-0.05, 0) is 26.0 Å². The summed E-state index contributed by atoms with van der Waals surface area (Å²) in [6.45, 7) is 5.94. The van der Waals surface area contributed by atoms with Crippen molar-refractivity contribution < 1.29 is 14.4 Å². The van der Waals surface area contributed by atoms with Crippen molar-refractivity contribution in [3.05, 3.63) is 35.9 Å². The van der Waals surface area contributed by atoms with Gasteiger partial charge in [-0.15, -0.1) is 0 Å². The summed E-state index contributed by atoms with van der Waals surface area (Å²) in [6, 6.07) is 9.49. The molecule has 1 atom stereocenters. The number of nitrogens with one attached hydrogen (secondary N) is 1. The lowest BCUT2D eigenvalue weighted by molar-refractivity contribution is -0.117. The monoisotopic (exact) mass is 316 g/mol. The molecule has 1 aliphatic heterocycles. The van der Waals surface area contributed by atoms with E-state index in [0.29, 0.717) is 12.1 Å². The second-order valence-corrected chi connectivity index (χ2v) is 4.75. The lowest BCUT2D eigenvalue weighted by Crippen LogP contribution is -2.34. The third-order valence-corrected chi connectivity index (χ3v) is 3.24. The first-order chi connectivity index (χ1) is 11.1. The van der Waals surface area contributed by atoms with E-state index < -0.39 is 11.9 Å². The molecule has 122 valence electrons. The molecule has 0 bridgehead atoms. The Morgan fingerprint density at radius 2 is 1.96 bits per heavy atom. The van der Waals surface area contributed by atoms with E-state index in [1.165, 1.54) is 4.90 Å². The van der Waals surface area contributed by atoms with Gasteiger partial charge in [0, 0.05) is 18.7 Å². The highest BCUT2D eigenvalue weighted by Gasteiger charge is 2.39. The molecule has 1 N–H and O–H groups in total. The lowest BCUT2D eigenvalue weighted by atomic mass is 10.2. The Hall–Kier alpha value is -2.88. The van der Waals surface area contributed by atoms with Gasteiger partial charge in [-0.1, -0.05) is 18.2 Å². The Balaban J connectivity index is 0.000000322. The third kappa shape index (κ3) is 5.79. The predicted molar refractivity (Wildman–Crippen MR) is 84.4 cm³/mol. The summed E-state index contributed by atoms with van der Waals surface area (Å²) in [5.74, 6) is -0.450. The van der Waals surface area contributed by atoms with Crippen LogP contribution in [-0.2, 0) is 4.79 Å². The molecule has 0 aromatic heterocycles. The number of carbonyl (C=O) groups excluding carboxylic acids is 3. The number of hydrogen-bond acceptors (Lipinski definition) is 4. The lowest BCUT2D eigenvalue weighted by Gasteiger charge is -2.08. The Morgan fingerprint density at radius 1 is 1.35 bits per heavy atom. The van der Waals surface area contributed by atoms with Crippen LogP contribution in [0.15, 0.2) is 30.3 Å². The second kappa shape index (κ2) is 9.20. The van der Waals surface area contributed by atoms with Crippen LogP contribution in [-0.4, -0.2) is 53.8 Å². The third-order valence-electron chi connectivity index (χ3n) is 3.24. The topological polar surface area (TPSA) is 93.3 Å². The van der Waals surface area contributed by atoms with Gasteiger partial charge in [-0.2, -0.15) is 5.26 Å². The zero-order valence-corrected chi connectivity index (χ0v) is 13.2. The maximum Gasteiger partial charge on any atom is 0.325 e. The van der Waals surface area contributed by atoms with Gasteiger partial charge < -0.3 is 9.80 Å². The molecule has 7 heteroatoms. The van der Waals surface area contributed by atoms with E-state index in [4.69, 9.17) is 5.26 Å². The minimum Gasteiger partial charge on any atom is -0.346 e. The van der Waals surface area contributed by atoms with Crippen LogP contribution in [0.3, 0.4) is 0 Å². The van der Waals surface area contributed by atoms with Crippen molar-refractivity contribution in [2.45, 2.75) is 19.9 Å². The normalized spacial score (nSPS) is 14.7. The fourth-order valence-electron chi connectivity index (χ4n) is 1.68. The maximum absolute atomic E-state index is 11.5. The number of benzene rings is 1. The van der Waals surface area contributed by atoms with E-state index in [2.05, 4.69) is 5.32 Å². The number of urea groups is 1. The summed E-state index contributed by atoms with van der Waals surface area (Å²) in [7, 11) is 0. The number of amides is 4. The highest BCUT2D eigenvalue weighted by molar-refractivity contribution is 6.04. The quantitative estimate of drug-likeness (QED) is 0.668. The van der Waals surface area contributed by atoms with Gasteiger partial charge in [-0.25, -0.2) is 4.79 Å². The first-order valence-corrected chi connectivity index (χ1v) is 7.33. The number of nitriles is 1. The largest absolute Gasteiger partial charge is 0.346 e. The molecule has 1 fully saturated rings. The minimum absolute atomic E-state index is 0.386. The van der Waals surface area contributed by atoms with E-state index in [9.17, 15) is 14.4 Å². The zero-order chi connectivity index (χ0) is 17.2. The van der Waals surface area contributed by atoms with Crippen molar-refractivity contribution in [1.29, 1.82) is 5.26 Å². The van der Waals surface area contributed by atoms with Crippen molar-refractivity contribution >= 4 is 18.3 Å². The summed E-state index contributed by atoms with van der Waals surface area (Å²) in [4.78, 5) is 35.8. The summed E-state index contributed by atoms with van der Waals surface area (Å²) in [6.07, 6.45) is 0.861. The van der Waals surface area contributed by atoms with Crippen molar-refractivity contribution in [1.82, 2.24) is 15.1 Å². The molecule has 0 radical (unpaired) electrons. The number of imide groups is 1. The van der Waals surface area contributed by atoms with Gasteiger partial charge in [0.05, 0.1) is 12.6 Å². The first-order valence-electron chi connectivity index (χ1n) is 7.33. The molecule has 1 aromatic rings. The maximum atomic E-state index is 11.5. The number of nitrogens with zero attached hydrogens (tertiary/aromatic N) is 3. The molecule has 1 heterocycles. The standard InChI is InChI=1S/C11H9N3O2.C5H11NO/c12-6-9-7-14(9)11(16)13-10(15)8-4-2-1-3-5-8;1-3-6(4-2)5-7/h1-5,9H,7H2,(H,13,15,16);5H,3-4H2,1-2H3. The van der Waals surface area contributed by atoms with E-state index in [-0.39, 0.29) is 6.04 Å². The van der Waals surface area contributed by atoms with Crippen molar-refractivity contribution in [3.8, 4) is 6.07 Å². The SMILES string of the molecule is CCN(C=O)CC.N#CC1CN1C(=O)NC(=O)c1ccccc1. The molecule has 7 nitrogen and oxygen atoms in total. The Morgan fingerprint density at radius 3 is 2.35 bits per heavy atom. The molecule has 1 aromatic carbocycles. The van der Waals surface area contributed by atoms with Crippen LogP contribution in [0.2, 0.25) is 0 Å². The van der Waals surface area contributed by atoms with Gasteiger partial charge in [0.25, 0.3) is 5.91 Å². The molecule has 1 unspecified atom stereocenters. The smallest absolute Gasteiger partial charge is 0.325 e. The first kappa shape index (κ1) is 18.2. The molecule has 0 spiro atoms. The van der Waals surface area contributed by atoms with Gasteiger partial charge in [0.15, 0.2) is 0 Å². The molecule has 0 aliphatic carbocycles. The van der Waals surface area contributed by atoms with Gasteiger partial charge in [0.2, 0.25) is 6.41 Å². The molecular formula is C16H20N4O3. The van der Waals surface area contributed by atoms with Crippen molar-refractivity contribution in [2.75, 3.05) is 19.6 Å². The number of carbonyl (C=O) groups is 3. The predicted octanol–water partition coefficient (Wildman–Crippen LogP) is 1.23. The van der Waals surface area contributed by atoms with Crippen LogP contribution in [0.5, 0.6) is 0 Å². The van der Waals surface area contributed by atoms with Crippen LogP contribution in [0, 0.1) is 11.3 Å². The molecule has 2 rings (SSSR count). The Labute approximate surface area is 135 Å². The summed E-state index contributed by atoms with van der Waals surface area (Å²) < 4.78 is 0.